The molecule has 0 radical (unpaired) electrons. The third-order valence-electron chi connectivity index (χ3n) is 3.10. The zero-order valence-corrected chi connectivity index (χ0v) is 11.5. The van der Waals surface area contributed by atoms with Gasteiger partial charge < -0.3 is 9.72 Å². The number of H-pyrrole nitrogens is 3. The maximum Gasteiger partial charge on any atom is 0.271 e. The molecular formula is C16H15N3O2. The van der Waals surface area contributed by atoms with Crippen molar-refractivity contribution in [1.29, 1.82) is 0 Å². The molecule has 1 aromatic carbocycles. The Morgan fingerprint density at radius 1 is 1.10 bits per heavy atom. The van der Waals surface area contributed by atoms with Crippen molar-refractivity contribution in [2.45, 2.75) is 6.92 Å². The van der Waals surface area contributed by atoms with Gasteiger partial charge in [0.15, 0.2) is 0 Å². The van der Waals surface area contributed by atoms with Crippen LogP contribution in [0.1, 0.15) is 11.3 Å². The van der Waals surface area contributed by atoms with Crippen LogP contribution in [0, 0.1) is 6.92 Å². The molecule has 0 amide bonds. The topological polar surface area (TPSA) is 73.7 Å². The first kappa shape index (κ1) is 13.1. The monoisotopic (exact) mass is 281 g/mol. The Morgan fingerprint density at radius 3 is 2.62 bits per heavy atom. The number of ether oxygens (including phenoxy) is 1. The van der Waals surface area contributed by atoms with Crippen LogP contribution in [0.5, 0.6) is 5.75 Å². The van der Waals surface area contributed by atoms with E-state index in [1.165, 1.54) is 6.26 Å². The molecule has 0 fully saturated rings. The molecule has 21 heavy (non-hydrogen) atoms. The number of benzene rings is 1. The maximum atomic E-state index is 11.8. The molecule has 5 heteroatoms. The highest BCUT2D eigenvalue weighted by molar-refractivity contribution is 5.45. The van der Waals surface area contributed by atoms with Crippen LogP contribution in [0.4, 0.5) is 0 Å². The summed E-state index contributed by atoms with van der Waals surface area (Å²) in [7, 11) is 0. The van der Waals surface area contributed by atoms with Crippen molar-refractivity contribution < 1.29 is 4.74 Å². The molecule has 106 valence electrons. The van der Waals surface area contributed by atoms with E-state index in [1.54, 1.807) is 12.3 Å². The van der Waals surface area contributed by atoms with E-state index in [9.17, 15) is 4.79 Å². The quantitative estimate of drug-likeness (QED) is 0.669. The van der Waals surface area contributed by atoms with Crippen molar-refractivity contribution in [1.82, 2.24) is 15.2 Å². The molecule has 0 saturated carbocycles. The fourth-order valence-electron chi connectivity index (χ4n) is 1.95. The van der Waals surface area contributed by atoms with Gasteiger partial charge in [0.05, 0.1) is 5.22 Å². The normalized spacial score (nSPS) is 12.8. The van der Waals surface area contributed by atoms with Crippen LogP contribution in [-0.2, 0) is 0 Å². The van der Waals surface area contributed by atoms with Gasteiger partial charge in [-0.3, -0.25) is 15.0 Å². The highest BCUT2D eigenvalue weighted by Gasteiger charge is 1.97. The van der Waals surface area contributed by atoms with Gasteiger partial charge in [-0.05, 0) is 37.3 Å². The lowest BCUT2D eigenvalue weighted by Gasteiger charge is -1.99. The summed E-state index contributed by atoms with van der Waals surface area (Å²) in [6.45, 7) is 2.01. The van der Waals surface area contributed by atoms with Gasteiger partial charge in [0, 0.05) is 11.9 Å². The van der Waals surface area contributed by atoms with Gasteiger partial charge in [-0.1, -0.05) is 17.7 Å². The van der Waals surface area contributed by atoms with E-state index in [0.29, 0.717) is 16.3 Å². The largest absolute Gasteiger partial charge is 0.463 e. The Kier molecular flexibility index (Phi) is 3.47. The van der Waals surface area contributed by atoms with Crippen LogP contribution < -0.4 is 20.9 Å². The Morgan fingerprint density at radius 2 is 1.90 bits per heavy atom. The molecule has 0 atom stereocenters. The fraction of sp³-hybridized carbons (Fsp3) is 0.0625. The average Bonchev–Trinajstić information content (AvgIpc) is 3.11. The van der Waals surface area contributed by atoms with Gasteiger partial charge >= 0.3 is 0 Å². The lowest BCUT2D eigenvalue weighted by molar-refractivity contribution is 0.537. The molecule has 2 aromatic heterocycles. The second kappa shape index (κ2) is 5.58. The third-order valence-corrected chi connectivity index (χ3v) is 3.10. The minimum absolute atomic E-state index is 0.191. The first-order chi connectivity index (χ1) is 10.2. The minimum Gasteiger partial charge on any atom is -0.463 e. The summed E-state index contributed by atoms with van der Waals surface area (Å²) in [6, 6.07) is 11.5. The Bertz CT molecular complexity index is 884. The second-order valence-electron chi connectivity index (χ2n) is 4.73. The van der Waals surface area contributed by atoms with Crippen molar-refractivity contribution in [3.05, 3.63) is 74.8 Å². The van der Waals surface area contributed by atoms with Crippen LogP contribution in [0.3, 0.4) is 0 Å². The lowest BCUT2D eigenvalue weighted by atomic mass is 10.2. The van der Waals surface area contributed by atoms with Gasteiger partial charge in [0.25, 0.3) is 5.56 Å². The molecule has 0 aliphatic heterocycles. The smallest absolute Gasteiger partial charge is 0.271 e. The molecular weight excluding hydrogens is 266 g/mol. The van der Waals surface area contributed by atoms with E-state index in [2.05, 4.69) is 15.2 Å². The molecule has 2 heterocycles. The maximum absolute atomic E-state index is 11.8. The average molecular weight is 281 g/mol. The van der Waals surface area contributed by atoms with Gasteiger partial charge in [-0.25, -0.2) is 0 Å². The Hall–Kier alpha value is -2.95. The molecule has 3 N–H and O–H groups in total. The zero-order valence-electron chi connectivity index (χ0n) is 11.5. The van der Waals surface area contributed by atoms with E-state index < -0.39 is 0 Å². The number of rotatable bonds is 3. The number of aryl methyl sites for hydroxylation is 1. The third kappa shape index (κ3) is 2.97. The van der Waals surface area contributed by atoms with E-state index >= 15 is 0 Å². The first-order valence-electron chi connectivity index (χ1n) is 6.58. The number of hydrogen-bond acceptors (Lipinski definition) is 2. The molecule has 0 saturated heterocycles. The summed E-state index contributed by atoms with van der Waals surface area (Å²) in [5.41, 5.74) is 1.83. The number of aromatic nitrogens is 3. The van der Waals surface area contributed by atoms with E-state index in [0.717, 1.165) is 11.3 Å². The zero-order chi connectivity index (χ0) is 14.7. The van der Waals surface area contributed by atoms with Crippen molar-refractivity contribution in [3.8, 4) is 5.75 Å². The number of hydrogen-bond donors (Lipinski definition) is 3. The summed E-state index contributed by atoms with van der Waals surface area (Å²) < 4.78 is 5.57. The van der Waals surface area contributed by atoms with E-state index in [-0.39, 0.29) is 5.56 Å². The molecule has 3 aromatic rings. The number of nitrogens with one attached hydrogen (secondary N) is 3. The van der Waals surface area contributed by atoms with Crippen molar-refractivity contribution >= 4 is 12.3 Å². The van der Waals surface area contributed by atoms with E-state index in [1.807, 2.05) is 43.3 Å². The van der Waals surface area contributed by atoms with Gasteiger partial charge in [0.1, 0.15) is 17.4 Å². The summed E-state index contributed by atoms with van der Waals surface area (Å²) in [6.07, 6.45) is 5.09. The molecule has 0 unspecified atom stereocenters. The second-order valence-corrected chi connectivity index (χ2v) is 4.73. The van der Waals surface area contributed by atoms with Crippen molar-refractivity contribution in [3.63, 3.8) is 0 Å². The molecule has 0 aliphatic rings. The Labute approximate surface area is 120 Å². The minimum atomic E-state index is -0.191. The van der Waals surface area contributed by atoms with Crippen LogP contribution in [-0.4, -0.2) is 15.2 Å². The summed E-state index contributed by atoms with van der Waals surface area (Å²) in [5, 5.41) is 6.47. The predicted molar refractivity (Wildman–Crippen MR) is 81.3 cm³/mol. The number of aromatic amines is 3. The Balaban J connectivity index is 1.98. The lowest BCUT2D eigenvalue weighted by Crippen LogP contribution is -2.33. The van der Waals surface area contributed by atoms with Gasteiger partial charge in [-0.15, -0.1) is 0 Å². The van der Waals surface area contributed by atoms with Crippen molar-refractivity contribution in [2.24, 2.45) is 0 Å². The van der Waals surface area contributed by atoms with Crippen LogP contribution in [0.2, 0.25) is 0 Å². The fourth-order valence-corrected chi connectivity index (χ4v) is 1.95. The van der Waals surface area contributed by atoms with E-state index in [4.69, 9.17) is 4.74 Å². The molecule has 0 spiro atoms. The summed E-state index contributed by atoms with van der Waals surface area (Å²) >= 11 is 0. The molecule has 0 aliphatic carbocycles. The van der Waals surface area contributed by atoms with Crippen LogP contribution in [0.15, 0.2) is 47.4 Å². The highest BCUT2D eigenvalue weighted by Crippen LogP contribution is 2.11. The molecule has 0 bridgehead atoms. The molecule has 5 nitrogen and oxygen atoms in total. The van der Waals surface area contributed by atoms with Crippen LogP contribution >= 0.6 is 0 Å². The SMILES string of the molecule is Cc1ccc(OC=c2[nH][nH]c(=O)c2=Cc2ccc[nH]2)cc1. The predicted octanol–water partition coefficient (Wildman–Crippen LogP) is 0.985. The highest BCUT2D eigenvalue weighted by atomic mass is 16.5. The first-order valence-corrected chi connectivity index (χ1v) is 6.58. The van der Waals surface area contributed by atoms with Crippen molar-refractivity contribution in [2.75, 3.05) is 0 Å². The summed E-state index contributed by atoms with van der Waals surface area (Å²) in [4.78, 5) is 14.8. The standard InChI is InChI=1S/C16H15N3O2/c1-11-4-6-13(7-5-11)21-10-15-14(16(20)19-18-15)9-12-3-2-8-17-12/h2-10,17-18H,1H3,(H,19,20). The summed E-state index contributed by atoms with van der Waals surface area (Å²) in [5.74, 6) is 0.716. The van der Waals surface area contributed by atoms with Crippen LogP contribution in [0.25, 0.3) is 12.3 Å². The van der Waals surface area contributed by atoms with Gasteiger partial charge in [0.2, 0.25) is 0 Å². The van der Waals surface area contributed by atoms with Gasteiger partial charge in [-0.2, -0.15) is 0 Å². The molecule has 3 rings (SSSR count).